The van der Waals surface area contributed by atoms with Gasteiger partial charge in [0.05, 0.1) is 18.5 Å². The molecule has 1 aromatic rings. The van der Waals surface area contributed by atoms with Gasteiger partial charge in [0.25, 0.3) is 5.56 Å². The van der Waals surface area contributed by atoms with Crippen LogP contribution in [0.15, 0.2) is 17.2 Å². The van der Waals surface area contributed by atoms with Crippen molar-refractivity contribution in [1.82, 2.24) is 14.9 Å². The minimum absolute atomic E-state index is 0.106. The number of nitrogens with one attached hydrogen (secondary N) is 1. The molecule has 0 spiro atoms. The summed E-state index contributed by atoms with van der Waals surface area (Å²) in [6.07, 6.45) is 0.996. The SMILES string of the molecule is Cc1cc(=O)n(C2CNCC2O)cn1. The van der Waals surface area contributed by atoms with Crippen molar-refractivity contribution in [2.75, 3.05) is 13.1 Å². The predicted octanol–water partition coefficient (Wildman–Crippen LogP) is -0.943. The number of aryl methyl sites for hydroxylation is 1. The molecule has 1 saturated heterocycles. The Hall–Kier alpha value is -1.20. The van der Waals surface area contributed by atoms with E-state index in [4.69, 9.17) is 0 Å². The van der Waals surface area contributed by atoms with Crippen LogP contribution < -0.4 is 10.9 Å². The number of aliphatic hydroxyl groups excluding tert-OH is 1. The van der Waals surface area contributed by atoms with Gasteiger partial charge in [-0.1, -0.05) is 0 Å². The Kier molecular flexibility index (Phi) is 2.35. The molecule has 14 heavy (non-hydrogen) atoms. The summed E-state index contributed by atoms with van der Waals surface area (Å²) in [6, 6.07) is 1.29. The first-order valence-electron chi connectivity index (χ1n) is 4.62. The first-order valence-corrected chi connectivity index (χ1v) is 4.62. The van der Waals surface area contributed by atoms with E-state index < -0.39 is 6.10 Å². The number of β-amino-alcohol motifs (C(OH)–C–C–N with tert-alkyl or cyclic N) is 1. The molecule has 0 bridgehead atoms. The second-order valence-electron chi connectivity index (χ2n) is 3.57. The minimum Gasteiger partial charge on any atom is -0.390 e. The number of aromatic nitrogens is 2. The summed E-state index contributed by atoms with van der Waals surface area (Å²) in [5.74, 6) is 0. The average molecular weight is 195 g/mol. The Bertz CT molecular complexity index is 388. The number of hydrogen-bond acceptors (Lipinski definition) is 4. The minimum atomic E-state index is -0.503. The molecule has 1 aliphatic heterocycles. The molecule has 1 fully saturated rings. The smallest absolute Gasteiger partial charge is 0.253 e. The topological polar surface area (TPSA) is 67.2 Å². The summed E-state index contributed by atoms with van der Waals surface area (Å²) in [7, 11) is 0. The van der Waals surface area contributed by atoms with Crippen LogP contribution in [0.25, 0.3) is 0 Å². The third-order valence-electron chi connectivity index (χ3n) is 2.48. The Labute approximate surface area is 81.4 Å². The molecule has 0 saturated carbocycles. The third kappa shape index (κ3) is 1.56. The Balaban J connectivity index is 2.36. The van der Waals surface area contributed by atoms with Crippen molar-refractivity contribution < 1.29 is 5.11 Å². The lowest BCUT2D eigenvalue weighted by atomic mass is 10.2. The van der Waals surface area contributed by atoms with Crippen LogP contribution in [0.2, 0.25) is 0 Å². The van der Waals surface area contributed by atoms with E-state index in [-0.39, 0.29) is 11.6 Å². The predicted molar refractivity (Wildman–Crippen MR) is 51.1 cm³/mol. The molecular weight excluding hydrogens is 182 g/mol. The molecule has 1 aliphatic rings. The molecule has 0 aromatic carbocycles. The number of hydrogen-bond donors (Lipinski definition) is 2. The van der Waals surface area contributed by atoms with E-state index in [9.17, 15) is 9.90 Å². The van der Waals surface area contributed by atoms with Gasteiger partial charge in [0, 0.05) is 24.8 Å². The van der Waals surface area contributed by atoms with Gasteiger partial charge >= 0.3 is 0 Å². The third-order valence-corrected chi connectivity index (χ3v) is 2.48. The highest BCUT2D eigenvalue weighted by Crippen LogP contribution is 2.12. The molecule has 2 heterocycles. The van der Waals surface area contributed by atoms with Crippen LogP contribution in [0.3, 0.4) is 0 Å². The summed E-state index contributed by atoms with van der Waals surface area (Å²) < 4.78 is 1.48. The number of rotatable bonds is 1. The number of nitrogens with zero attached hydrogens (tertiary/aromatic N) is 2. The van der Waals surface area contributed by atoms with Gasteiger partial charge in [-0.15, -0.1) is 0 Å². The van der Waals surface area contributed by atoms with Crippen molar-refractivity contribution in [3.8, 4) is 0 Å². The summed E-state index contributed by atoms with van der Waals surface area (Å²) in [6.45, 7) is 2.92. The molecule has 2 N–H and O–H groups in total. The zero-order chi connectivity index (χ0) is 10.1. The van der Waals surface area contributed by atoms with Crippen molar-refractivity contribution >= 4 is 0 Å². The van der Waals surface area contributed by atoms with Crippen LogP contribution in [0.1, 0.15) is 11.7 Å². The van der Waals surface area contributed by atoms with Crippen molar-refractivity contribution in [3.63, 3.8) is 0 Å². The van der Waals surface area contributed by atoms with E-state index in [0.29, 0.717) is 18.8 Å². The maximum atomic E-state index is 11.6. The molecule has 2 atom stereocenters. The molecule has 5 nitrogen and oxygen atoms in total. The molecule has 0 amide bonds. The van der Waals surface area contributed by atoms with E-state index >= 15 is 0 Å². The Morgan fingerprint density at radius 3 is 3.00 bits per heavy atom. The van der Waals surface area contributed by atoms with Crippen molar-refractivity contribution in [2.24, 2.45) is 0 Å². The van der Waals surface area contributed by atoms with Crippen LogP contribution in [-0.4, -0.2) is 33.9 Å². The lowest BCUT2D eigenvalue weighted by Crippen LogP contribution is -2.31. The fourth-order valence-electron chi connectivity index (χ4n) is 1.68. The molecule has 0 aliphatic carbocycles. The quantitative estimate of drug-likeness (QED) is 0.606. The normalized spacial score (nSPS) is 26.7. The van der Waals surface area contributed by atoms with E-state index in [2.05, 4.69) is 10.3 Å². The monoisotopic (exact) mass is 195 g/mol. The van der Waals surface area contributed by atoms with Gasteiger partial charge in [-0.2, -0.15) is 0 Å². The van der Waals surface area contributed by atoms with Crippen LogP contribution in [0.5, 0.6) is 0 Å². The highest BCUT2D eigenvalue weighted by molar-refractivity contribution is 4.99. The molecular formula is C9H13N3O2. The van der Waals surface area contributed by atoms with Crippen molar-refractivity contribution in [3.05, 3.63) is 28.4 Å². The largest absolute Gasteiger partial charge is 0.390 e. The maximum absolute atomic E-state index is 11.6. The standard InChI is InChI=1S/C9H13N3O2/c1-6-2-9(14)12(5-11-6)7-3-10-4-8(7)13/h2,5,7-8,10,13H,3-4H2,1H3. The van der Waals surface area contributed by atoms with Crippen LogP contribution in [0.4, 0.5) is 0 Å². The second kappa shape index (κ2) is 3.51. The summed E-state index contributed by atoms with van der Waals surface area (Å²) in [4.78, 5) is 15.6. The number of aliphatic hydroxyl groups is 1. The van der Waals surface area contributed by atoms with Gasteiger partial charge in [-0.25, -0.2) is 4.98 Å². The van der Waals surface area contributed by atoms with Crippen molar-refractivity contribution in [1.29, 1.82) is 0 Å². The van der Waals surface area contributed by atoms with E-state index in [1.807, 2.05) is 0 Å². The molecule has 1 aromatic heterocycles. The zero-order valence-electron chi connectivity index (χ0n) is 7.97. The highest BCUT2D eigenvalue weighted by atomic mass is 16.3. The van der Waals surface area contributed by atoms with Gasteiger partial charge < -0.3 is 10.4 Å². The lowest BCUT2D eigenvalue weighted by molar-refractivity contribution is 0.148. The van der Waals surface area contributed by atoms with E-state index in [0.717, 1.165) is 0 Å². The Morgan fingerprint density at radius 1 is 1.64 bits per heavy atom. The summed E-state index contributed by atoms with van der Waals surface area (Å²) in [5.41, 5.74) is 0.594. The highest BCUT2D eigenvalue weighted by Gasteiger charge is 2.26. The van der Waals surface area contributed by atoms with Crippen LogP contribution in [0, 0.1) is 6.92 Å². The van der Waals surface area contributed by atoms with Gasteiger partial charge in [0.2, 0.25) is 0 Å². The van der Waals surface area contributed by atoms with Crippen LogP contribution in [-0.2, 0) is 0 Å². The van der Waals surface area contributed by atoms with Gasteiger partial charge in [0.15, 0.2) is 0 Å². The Morgan fingerprint density at radius 2 is 2.43 bits per heavy atom. The van der Waals surface area contributed by atoms with Gasteiger partial charge in [0.1, 0.15) is 0 Å². The maximum Gasteiger partial charge on any atom is 0.253 e. The average Bonchev–Trinajstić information content (AvgIpc) is 2.52. The molecule has 76 valence electrons. The van der Waals surface area contributed by atoms with E-state index in [1.165, 1.54) is 17.0 Å². The van der Waals surface area contributed by atoms with Gasteiger partial charge in [-0.3, -0.25) is 9.36 Å². The fourth-order valence-corrected chi connectivity index (χ4v) is 1.68. The van der Waals surface area contributed by atoms with Gasteiger partial charge in [-0.05, 0) is 6.92 Å². The lowest BCUT2D eigenvalue weighted by Gasteiger charge is -2.15. The second-order valence-corrected chi connectivity index (χ2v) is 3.57. The van der Waals surface area contributed by atoms with Crippen molar-refractivity contribution in [2.45, 2.75) is 19.1 Å². The molecule has 2 rings (SSSR count). The zero-order valence-corrected chi connectivity index (χ0v) is 7.97. The first kappa shape index (κ1) is 9.36. The molecule has 2 unspecified atom stereocenters. The summed E-state index contributed by atoms with van der Waals surface area (Å²) >= 11 is 0. The molecule has 5 heteroatoms. The van der Waals surface area contributed by atoms with Crippen LogP contribution >= 0.6 is 0 Å². The van der Waals surface area contributed by atoms with E-state index in [1.54, 1.807) is 6.92 Å². The summed E-state index contributed by atoms with van der Waals surface area (Å²) in [5, 5.41) is 12.6. The molecule has 0 radical (unpaired) electrons. The first-order chi connectivity index (χ1) is 6.68. The fraction of sp³-hybridized carbons (Fsp3) is 0.556.